The molecule has 3 rings (SSSR count). The zero-order valence-electron chi connectivity index (χ0n) is 12.6. The summed E-state index contributed by atoms with van der Waals surface area (Å²) >= 11 is 1.77. The van der Waals surface area contributed by atoms with Crippen molar-refractivity contribution in [3.05, 3.63) is 22.4 Å². The molecule has 1 saturated carbocycles. The average molecular weight is 322 g/mol. The van der Waals surface area contributed by atoms with Crippen molar-refractivity contribution in [1.82, 2.24) is 9.80 Å². The van der Waals surface area contributed by atoms with Gasteiger partial charge in [0.15, 0.2) is 0 Å². The van der Waals surface area contributed by atoms with E-state index in [1.807, 2.05) is 4.90 Å². The molecule has 1 N–H and O–H groups in total. The molecule has 1 amide bonds. The molecule has 120 valence electrons. The van der Waals surface area contributed by atoms with E-state index in [1.165, 1.54) is 4.88 Å². The van der Waals surface area contributed by atoms with Crippen LogP contribution in [0.25, 0.3) is 0 Å². The minimum atomic E-state index is -0.754. The maximum Gasteiger partial charge on any atom is 0.306 e. The first-order valence-corrected chi connectivity index (χ1v) is 8.78. The largest absolute Gasteiger partial charge is 0.481 e. The van der Waals surface area contributed by atoms with Crippen LogP contribution in [0.3, 0.4) is 0 Å². The fourth-order valence-electron chi connectivity index (χ4n) is 3.44. The summed E-state index contributed by atoms with van der Waals surface area (Å²) in [7, 11) is 0. The lowest BCUT2D eigenvalue weighted by atomic mass is 10.0. The molecule has 2 fully saturated rings. The van der Waals surface area contributed by atoms with Crippen LogP contribution in [0.4, 0.5) is 0 Å². The third-order valence-electron chi connectivity index (χ3n) is 4.77. The van der Waals surface area contributed by atoms with Crippen molar-refractivity contribution in [3.63, 3.8) is 0 Å². The quantitative estimate of drug-likeness (QED) is 0.920. The van der Waals surface area contributed by atoms with E-state index in [1.54, 1.807) is 11.3 Å². The van der Waals surface area contributed by atoms with Gasteiger partial charge in [-0.25, -0.2) is 0 Å². The summed E-state index contributed by atoms with van der Waals surface area (Å²) in [6.07, 6.45) is 1.89. The van der Waals surface area contributed by atoms with E-state index in [4.69, 9.17) is 5.11 Å². The lowest BCUT2D eigenvalue weighted by Gasteiger charge is -2.35. The molecule has 0 spiro atoms. The number of aliphatic carboxylic acids is 1. The highest BCUT2D eigenvalue weighted by Crippen LogP contribution is 2.32. The molecule has 2 atom stereocenters. The molecule has 0 radical (unpaired) electrons. The average Bonchev–Trinajstić information content (AvgIpc) is 3.18. The second-order valence-corrected chi connectivity index (χ2v) is 7.26. The Balaban J connectivity index is 1.47. The van der Waals surface area contributed by atoms with Crippen LogP contribution in [-0.4, -0.2) is 53.0 Å². The molecule has 1 aliphatic heterocycles. The van der Waals surface area contributed by atoms with Crippen LogP contribution >= 0.6 is 11.3 Å². The van der Waals surface area contributed by atoms with Crippen molar-refractivity contribution in [1.29, 1.82) is 0 Å². The number of carboxylic acid groups (broad SMARTS) is 1. The van der Waals surface area contributed by atoms with Crippen LogP contribution in [0.2, 0.25) is 0 Å². The van der Waals surface area contributed by atoms with Gasteiger partial charge < -0.3 is 10.0 Å². The highest BCUT2D eigenvalue weighted by atomic mass is 32.1. The molecular formula is C16H22N2O3S. The maximum absolute atomic E-state index is 12.5. The first-order chi connectivity index (χ1) is 10.6. The number of rotatable bonds is 4. The molecule has 5 nitrogen and oxygen atoms in total. The van der Waals surface area contributed by atoms with Crippen molar-refractivity contribution in [3.8, 4) is 0 Å². The summed E-state index contributed by atoms with van der Waals surface area (Å²) in [4.78, 5) is 29.2. The normalized spacial score (nSPS) is 26.3. The van der Waals surface area contributed by atoms with E-state index in [9.17, 15) is 9.59 Å². The number of hydrogen-bond acceptors (Lipinski definition) is 4. The maximum atomic E-state index is 12.5. The summed E-state index contributed by atoms with van der Waals surface area (Å²) in [6.45, 7) is 4.29. The van der Waals surface area contributed by atoms with Gasteiger partial charge in [-0.15, -0.1) is 11.3 Å². The van der Waals surface area contributed by atoms with Gasteiger partial charge in [0.2, 0.25) is 5.91 Å². The highest BCUT2D eigenvalue weighted by Gasteiger charge is 2.36. The first kappa shape index (κ1) is 15.5. The Morgan fingerprint density at radius 3 is 2.50 bits per heavy atom. The Labute approximate surface area is 134 Å². The lowest BCUT2D eigenvalue weighted by molar-refractivity contribution is -0.142. The molecule has 2 heterocycles. The van der Waals surface area contributed by atoms with Crippen molar-refractivity contribution >= 4 is 23.2 Å². The number of thiophene rings is 1. The Bertz CT molecular complexity index is 524. The predicted octanol–water partition coefficient (Wildman–Crippen LogP) is 1.89. The van der Waals surface area contributed by atoms with Gasteiger partial charge in [-0.2, -0.15) is 0 Å². The number of nitrogens with zero attached hydrogens (tertiary/aromatic N) is 2. The van der Waals surface area contributed by atoms with Crippen molar-refractivity contribution < 1.29 is 14.7 Å². The smallest absolute Gasteiger partial charge is 0.306 e. The van der Waals surface area contributed by atoms with E-state index in [-0.39, 0.29) is 17.7 Å². The fraction of sp³-hybridized carbons (Fsp3) is 0.625. The zero-order chi connectivity index (χ0) is 15.5. The van der Waals surface area contributed by atoms with Crippen LogP contribution in [0, 0.1) is 11.8 Å². The zero-order valence-corrected chi connectivity index (χ0v) is 13.4. The number of piperazine rings is 1. The summed E-state index contributed by atoms with van der Waals surface area (Å²) < 4.78 is 0. The Morgan fingerprint density at radius 2 is 1.91 bits per heavy atom. The Hall–Kier alpha value is -1.40. The van der Waals surface area contributed by atoms with Crippen LogP contribution < -0.4 is 0 Å². The summed E-state index contributed by atoms with van der Waals surface area (Å²) in [5, 5.41) is 11.1. The Morgan fingerprint density at radius 1 is 1.18 bits per heavy atom. The highest BCUT2D eigenvalue weighted by molar-refractivity contribution is 7.09. The van der Waals surface area contributed by atoms with E-state index in [0.29, 0.717) is 12.8 Å². The van der Waals surface area contributed by atoms with Crippen LogP contribution in [-0.2, 0) is 16.1 Å². The second-order valence-electron chi connectivity index (χ2n) is 6.23. The lowest BCUT2D eigenvalue weighted by Crippen LogP contribution is -2.49. The molecule has 22 heavy (non-hydrogen) atoms. The first-order valence-electron chi connectivity index (χ1n) is 7.90. The van der Waals surface area contributed by atoms with Crippen LogP contribution in [0.1, 0.15) is 24.1 Å². The molecule has 1 aliphatic carbocycles. The van der Waals surface area contributed by atoms with Crippen LogP contribution in [0.5, 0.6) is 0 Å². The minimum absolute atomic E-state index is 0.0788. The third-order valence-corrected chi connectivity index (χ3v) is 5.64. The molecule has 1 aromatic heterocycles. The van der Waals surface area contributed by atoms with Crippen molar-refractivity contribution in [2.24, 2.45) is 11.8 Å². The molecule has 0 aromatic carbocycles. The minimum Gasteiger partial charge on any atom is -0.481 e. The monoisotopic (exact) mass is 322 g/mol. The fourth-order valence-corrected chi connectivity index (χ4v) is 4.18. The SMILES string of the molecule is O=C(O)C1CCC(C(=O)N2CCN(Cc3cccs3)CC2)C1. The molecule has 1 aromatic rings. The van der Waals surface area contributed by atoms with E-state index < -0.39 is 5.97 Å². The standard InChI is InChI=1S/C16H22N2O3S/c19-15(12-3-4-13(10-12)16(20)21)18-7-5-17(6-8-18)11-14-2-1-9-22-14/h1-2,9,12-13H,3-8,10-11H2,(H,20,21). The molecule has 0 bridgehead atoms. The number of carbonyl (C=O) groups is 2. The Kier molecular flexibility index (Phi) is 4.78. The molecule has 1 saturated heterocycles. The third kappa shape index (κ3) is 3.50. The van der Waals surface area contributed by atoms with E-state index in [0.717, 1.165) is 39.1 Å². The van der Waals surface area contributed by atoms with Gasteiger partial charge in [-0.3, -0.25) is 14.5 Å². The summed E-state index contributed by atoms with van der Waals surface area (Å²) in [5.74, 6) is -0.991. The molecule has 2 aliphatic rings. The van der Waals surface area contributed by atoms with E-state index in [2.05, 4.69) is 22.4 Å². The van der Waals surface area contributed by atoms with Gasteiger partial charge in [0.25, 0.3) is 0 Å². The van der Waals surface area contributed by atoms with Crippen LogP contribution in [0.15, 0.2) is 17.5 Å². The van der Waals surface area contributed by atoms with Gasteiger partial charge in [0, 0.05) is 43.5 Å². The molecular weight excluding hydrogens is 300 g/mol. The second kappa shape index (κ2) is 6.79. The van der Waals surface area contributed by atoms with Gasteiger partial charge in [0.1, 0.15) is 0 Å². The number of hydrogen-bond donors (Lipinski definition) is 1. The van der Waals surface area contributed by atoms with E-state index >= 15 is 0 Å². The summed E-state index contributed by atoms with van der Waals surface area (Å²) in [6, 6.07) is 4.21. The van der Waals surface area contributed by atoms with Gasteiger partial charge >= 0.3 is 5.97 Å². The van der Waals surface area contributed by atoms with Crippen molar-refractivity contribution in [2.45, 2.75) is 25.8 Å². The molecule has 2 unspecified atom stereocenters. The number of carbonyl (C=O) groups excluding carboxylic acids is 1. The topological polar surface area (TPSA) is 60.9 Å². The number of carboxylic acids is 1. The van der Waals surface area contributed by atoms with Gasteiger partial charge in [-0.05, 0) is 30.7 Å². The number of amides is 1. The van der Waals surface area contributed by atoms with Gasteiger partial charge in [-0.1, -0.05) is 6.07 Å². The molecule has 6 heteroatoms. The summed E-state index contributed by atoms with van der Waals surface area (Å²) in [5.41, 5.74) is 0. The van der Waals surface area contributed by atoms with Crippen molar-refractivity contribution in [2.75, 3.05) is 26.2 Å². The predicted molar refractivity (Wildman–Crippen MR) is 84.6 cm³/mol. The van der Waals surface area contributed by atoms with Gasteiger partial charge in [0.05, 0.1) is 5.92 Å².